The van der Waals surface area contributed by atoms with Gasteiger partial charge in [0, 0.05) is 11.8 Å². The molecule has 0 amide bonds. The van der Waals surface area contributed by atoms with Crippen molar-refractivity contribution >= 4 is 17.1 Å². The van der Waals surface area contributed by atoms with Crippen LogP contribution in [-0.4, -0.2) is 18.1 Å². The quantitative estimate of drug-likeness (QED) is 0.542. The summed E-state index contributed by atoms with van der Waals surface area (Å²) in [5.74, 6) is 0.259. The Morgan fingerprint density at radius 2 is 1.74 bits per heavy atom. The third-order valence-electron chi connectivity index (χ3n) is 2.97. The average Bonchev–Trinajstić information content (AvgIpc) is 2.81. The van der Waals surface area contributed by atoms with Crippen LogP contribution in [0, 0.1) is 0 Å². The fourth-order valence-electron chi connectivity index (χ4n) is 2.06. The van der Waals surface area contributed by atoms with Gasteiger partial charge in [-0.3, -0.25) is 5.32 Å². The van der Waals surface area contributed by atoms with E-state index in [1.54, 1.807) is 18.2 Å². The molecule has 1 heterocycles. The SMILES string of the molecule is Oc1cccc(NCNC2Nc3ccccc3N2)c1. The van der Waals surface area contributed by atoms with Gasteiger partial charge in [0.05, 0.1) is 18.0 Å². The Hall–Kier alpha value is -2.40. The molecule has 2 aromatic rings. The molecule has 0 spiro atoms. The van der Waals surface area contributed by atoms with E-state index in [1.165, 1.54) is 0 Å². The maximum absolute atomic E-state index is 9.36. The van der Waals surface area contributed by atoms with Gasteiger partial charge in [0.25, 0.3) is 0 Å². The molecule has 1 aliphatic rings. The van der Waals surface area contributed by atoms with E-state index in [0.717, 1.165) is 17.1 Å². The van der Waals surface area contributed by atoms with Crippen LogP contribution in [0.3, 0.4) is 0 Å². The van der Waals surface area contributed by atoms with E-state index >= 15 is 0 Å². The number of anilines is 3. The standard InChI is InChI=1S/C14H16N4O/c19-11-5-3-4-10(8-11)15-9-16-14-17-12-6-1-2-7-13(12)18-14/h1-8,14-19H,9H2. The molecule has 0 fully saturated rings. The monoisotopic (exact) mass is 256 g/mol. The predicted molar refractivity (Wildman–Crippen MR) is 77.2 cm³/mol. The highest BCUT2D eigenvalue weighted by Gasteiger charge is 2.17. The van der Waals surface area contributed by atoms with E-state index < -0.39 is 0 Å². The van der Waals surface area contributed by atoms with E-state index in [0.29, 0.717) is 6.67 Å². The molecule has 0 atom stereocenters. The van der Waals surface area contributed by atoms with Crippen molar-refractivity contribution in [3.8, 4) is 5.75 Å². The molecule has 0 unspecified atom stereocenters. The first-order valence-electron chi connectivity index (χ1n) is 6.20. The van der Waals surface area contributed by atoms with Crippen LogP contribution in [0.1, 0.15) is 0 Å². The summed E-state index contributed by atoms with van der Waals surface area (Å²) >= 11 is 0. The lowest BCUT2D eigenvalue weighted by molar-refractivity contribution is 0.475. The lowest BCUT2D eigenvalue weighted by Crippen LogP contribution is -2.41. The highest BCUT2D eigenvalue weighted by molar-refractivity contribution is 5.73. The minimum absolute atomic E-state index is 0.00205. The van der Waals surface area contributed by atoms with E-state index in [2.05, 4.69) is 21.3 Å². The Bertz CT molecular complexity index is 548. The van der Waals surface area contributed by atoms with Gasteiger partial charge < -0.3 is 21.1 Å². The zero-order valence-electron chi connectivity index (χ0n) is 10.4. The van der Waals surface area contributed by atoms with Gasteiger partial charge in [0.2, 0.25) is 0 Å². The normalized spacial score (nSPS) is 13.5. The Morgan fingerprint density at radius 3 is 2.42 bits per heavy atom. The second-order valence-corrected chi connectivity index (χ2v) is 4.38. The molecule has 0 saturated heterocycles. The summed E-state index contributed by atoms with van der Waals surface area (Å²) in [7, 11) is 0. The molecular weight excluding hydrogens is 240 g/mol. The zero-order chi connectivity index (χ0) is 13.1. The lowest BCUT2D eigenvalue weighted by Gasteiger charge is -2.15. The van der Waals surface area contributed by atoms with E-state index in [9.17, 15) is 5.11 Å². The molecule has 98 valence electrons. The first kappa shape index (κ1) is 11.7. The van der Waals surface area contributed by atoms with Gasteiger partial charge in [-0.2, -0.15) is 0 Å². The molecule has 5 N–H and O–H groups in total. The molecule has 5 nitrogen and oxygen atoms in total. The van der Waals surface area contributed by atoms with Crippen molar-refractivity contribution in [3.05, 3.63) is 48.5 Å². The zero-order valence-corrected chi connectivity index (χ0v) is 10.4. The number of rotatable bonds is 4. The van der Waals surface area contributed by atoms with Crippen LogP contribution in [0.5, 0.6) is 5.75 Å². The second-order valence-electron chi connectivity index (χ2n) is 4.38. The van der Waals surface area contributed by atoms with Gasteiger partial charge >= 0.3 is 0 Å². The van der Waals surface area contributed by atoms with Crippen molar-refractivity contribution in [2.45, 2.75) is 6.29 Å². The van der Waals surface area contributed by atoms with Crippen LogP contribution in [0.4, 0.5) is 17.1 Å². The molecule has 0 aliphatic carbocycles. The maximum atomic E-state index is 9.36. The van der Waals surface area contributed by atoms with Crippen LogP contribution >= 0.6 is 0 Å². The van der Waals surface area contributed by atoms with Gasteiger partial charge in [-0.1, -0.05) is 18.2 Å². The average molecular weight is 256 g/mol. The topological polar surface area (TPSA) is 68.3 Å². The van der Waals surface area contributed by atoms with Crippen LogP contribution in [0.25, 0.3) is 0 Å². The Kier molecular flexibility index (Phi) is 3.12. The molecule has 3 rings (SSSR count). The summed E-state index contributed by atoms with van der Waals surface area (Å²) in [4.78, 5) is 0. The fourth-order valence-corrected chi connectivity index (χ4v) is 2.06. The second kappa shape index (κ2) is 5.07. The number of fused-ring (bicyclic) bond motifs is 1. The molecule has 0 saturated carbocycles. The van der Waals surface area contributed by atoms with Crippen molar-refractivity contribution in [2.24, 2.45) is 0 Å². The Labute approximate surface area is 111 Å². The molecule has 0 aromatic heterocycles. The van der Waals surface area contributed by atoms with Crippen molar-refractivity contribution in [1.29, 1.82) is 0 Å². The molecule has 5 heteroatoms. The van der Waals surface area contributed by atoms with E-state index in [-0.39, 0.29) is 12.0 Å². The summed E-state index contributed by atoms with van der Waals surface area (Å²) in [5, 5.41) is 22.5. The third-order valence-corrected chi connectivity index (χ3v) is 2.97. The number of para-hydroxylation sites is 2. The van der Waals surface area contributed by atoms with Gasteiger partial charge in [0.15, 0.2) is 6.29 Å². The minimum atomic E-state index is 0.00205. The largest absolute Gasteiger partial charge is 0.508 e. The lowest BCUT2D eigenvalue weighted by atomic mass is 10.3. The molecule has 19 heavy (non-hydrogen) atoms. The third kappa shape index (κ3) is 2.71. The minimum Gasteiger partial charge on any atom is -0.508 e. The number of aromatic hydroxyl groups is 1. The maximum Gasteiger partial charge on any atom is 0.154 e. The summed E-state index contributed by atoms with van der Waals surface area (Å²) in [6.45, 7) is 0.585. The number of nitrogens with one attached hydrogen (secondary N) is 4. The molecule has 0 radical (unpaired) electrons. The number of phenolic OH excluding ortho intramolecular Hbond substituents is 1. The van der Waals surface area contributed by atoms with Crippen LogP contribution in [0.15, 0.2) is 48.5 Å². The highest BCUT2D eigenvalue weighted by atomic mass is 16.3. The van der Waals surface area contributed by atoms with Crippen LogP contribution in [0.2, 0.25) is 0 Å². The number of benzene rings is 2. The van der Waals surface area contributed by atoms with E-state index in [4.69, 9.17) is 0 Å². The van der Waals surface area contributed by atoms with Crippen molar-refractivity contribution < 1.29 is 5.11 Å². The van der Waals surface area contributed by atoms with Gasteiger partial charge in [-0.05, 0) is 24.3 Å². The molecule has 0 bridgehead atoms. The van der Waals surface area contributed by atoms with Gasteiger partial charge in [0.1, 0.15) is 5.75 Å². The molecule has 2 aromatic carbocycles. The summed E-state index contributed by atoms with van der Waals surface area (Å²) in [5.41, 5.74) is 3.07. The summed E-state index contributed by atoms with van der Waals surface area (Å²) in [6, 6.07) is 15.1. The van der Waals surface area contributed by atoms with Crippen molar-refractivity contribution in [1.82, 2.24) is 5.32 Å². The first-order chi connectivity index (χ1) is 9.31. The Balaban J connectivity index is 1.50. The van der Waals surface area contributed by atoms with Crippen molar-refractivity contribution in [2.75, 3.05) is 22.6 Å². The number of hydrogen-bond acceptors (Lipinski definition) is 5. The summed E-state index contributed by atoms with van der Waals surface area (Å²) in [6.07, 6.45) is 0.00205. The fraction of sp³-hybridized carbons (Fsp3) is 0.143. The smallest absolute Gasteiger partial charge is 0.154 e. The van der Waals surface area contributed by atoms with Gasteiger partial charge in [-0.15, -0.1) is 0 Å². The number of hydrogen-bond donors (Lipinski definition) is 5. The highest BCUT2D eigenvalue weighted by Crippen LogP contribution is 2.26. The van der Waals surface area contributed by atoms with Gasteiger partial charge in [-0.25, -0.2) is 0 Å². The molecular formula is C14H16N4O. The summed E-state index contributed by atoms with van der Waals surface area (Å²) < 4.78 is 0. The van der Waals surface area contributed by atoms with Crippen LogP contribution in [-0.2, 0) is 0 Å². The predicted octanol–water partition coefficient (Wildman–Crippen LogP) is 2.17. The molecule has 1 aliphatic heterocycles. The van der Waals surface area contributed by atoms with Crippen molar-refractivity contribution in [3.63, 3.8) is 0 Å². The Morgan fingerprint density at radius 1 is 1.00 bits per heavy atom. The van der Waals surface area contributed by atoms with E-state index in [1.807, 2.05) is 30.3 Å². The number of phenols is 1. The first-order valence-corrected chi connectivity index (χ1v) is 6.20. The van der Waals surface area contributed by atoms with Crippen LogP contribution < -0.4 is 21.3 Å².